The van der Waals surface area contributed by atoms with Crippen LogP contribution in [0, 0.1) is 11.8 Å². The van der Waals surface area contributed by atoms with Crippen LogP contribution in [0.5, 0.6) is 0 Å². The molecule has 1 aromatic carbocycles. The van der Waals surface area contributed by atoms with Crippen LogP contribution in [-0.2, 0) is 16.3 Å². The van der Waals surface area contributed by atoms with Crippen LogP contribution in [0.4, 0.5) is 0 Å². The second kappa shape index (κ2) is 6.65. The third kappa shape index (κ3) is 3.88. The van der Waals surface area contributed by atoms with Crippen LogP contribution in [0.1, 0.15) is 12.0 Å². The topological polar surface area (TPSA) is 46.2 Å². The van der Waals surface area contributed by atoms with Gasteiger partial charge in [-0.15, -0.1) is 0 Å². The Kier molecular flexibility index (Phi) is 5.35. The van der Waals surface area contributed by atoms with Gasteiger partial charge in [0, 0.05) is 0 Å². The molecule has 0 radical (unpaired) electrons. The molecule has 20 heavy (non-hydrogen) atoms. The summed E-state index contributed by atoms with van der Waals surface area (Å²) in [6.07, 6.45) is 1.49. The van der Waals surface area contributed by atoms with Crippen LogP contribution in [0.15, 0.2) is 18.2 Å². The number of rotatable bonds is 5. The number of halogens is 2. The molecule has 1 saturated heterocycles. The van der Waals surface area contributed by atoms with Crippen molar-refractivity contribution in [3.8, 4) is 0 Å². The first-order chi connectivity index (χ1) is 9.43. The maximum Gasteiger partial charge on any atom is 0.150 e. The van der Waals surface area contributed by atoms with Crippen molar-refractivity contribution in [1.82, 2.24) is 5.32 Å². The Morgan fingerprint density at radius 1 is 1.40 bits per heavy atom. The standard InChI is InChI=1S/C14H19Cl2NO2S/c1-17-8-12(11-5-6-20(18,19)9-11)7-10-3-2-4-13(15)14(10)16/h2-4,11-12,17H,5-9H2,1H3. The van der Waals surface area contributed by atoms with Crippen LogP contribution >= 0.6 is 23.2 Å². The lowest BCUT2D eigenvalue weighted by Crippen LogP contribution is -2.28. The first-order valence-electron chi connectivity index (χ1n) is 6.71. The highest BCUT2D eigenvalue weighted by molar-refractivity contribution is 7.91. The van der Waals surface area contributed by atoms with E-state index in [0.717, 1.165) is 24.9 Å². The molecule has 112 valence electrons. The Hall–Kier alpha value is -0.290. The molecule has 0 bridgehead atoms. The third-order valence-corrected chi connectivity index (χ3v) is 6.57. The van der Waals surface area contributed by atoms with E-state index in [0.29, 0.717) is 15.8 Å². The van der Waals surface area contributed by atoms with Crippen molar-refractivity contribution in [1.29, 1.82) is 0 Å². The fourth-order valence-electron chi connectivity index (χ4n) is 2.85. The predicted molar refractivity (Wildman–Crippen MR) is 84.3 cm³/mol. The van der Waals surface area contributed by atoms with Crippen LogP contribution in [0.2, 0.25) is 10.0 Å². The zero-order chi connectivity index (χ0) is 14.8. The molecule has 0 amide bonds. The maximum absolute atomic E-state index is 11.7. The van der Waals surface area contributed by atoms with Crippen LogP contribution in [0.3, 0.4) is 0 Å². The van der Waals surface area contributed by atoms with Gasteiger partial charge in [0.1, 0.15) is 0 Å². The number of hydrogen-bond donors (Lipinski definition) is 1. The second-order valence-corrected chi connectivity index (χ2v) is 8.41. The lowest BCUT2D eigenvalue weighted by atomic mass is 9.86. The van der Waals surface area contributed by atoms with Gasteiger partial charge in [0.2, 0.25) is 0 Å². The first-order valence-corrected chi connectivity index (χ1v) is 9.28. The van der Waals surface area contributed by atoms with E-state index >= 15 is 0 Å². The van der Waals surface area contributed by atoms with E-state index in [2.05, 4.69) is 5.32 Å². The molecule has 2 unspecified atom stereocenters. The molecule has 2 rings (SSSR count). The van der Waals surface area contributed by atoms with Crippen LogP contribution < -0.4 is 5.32 Å². The van der Waals surface area contributed by atoms with Gasteiger partial charge in [-0.3, -0.25) is 0 Å². The highest BCUT2D eigenvalue weighted by Crippen LogP contribution is 2.32. The van der Waals surface area contributed by atoms with Gasteiger partial charge >= 0.3 is 0 Å². The Bertz CT molecular complexity index is 575. The van der Waals surface area contributed by atoms with Crippen molar-refractivity contribution in [2.75, 3.05) is 25.1 Å². The van der Waals surface area contributed by atoms with Crippen LogP contribution in [0.25, 0.3) is 0 Å². The maximum atomic E-state index is 11.7. The van der Waals surface area contributed by atoms with E-state index in [1.807, 2.05) is 19.2 Å². The molecule has 1 heterocycles. The van der Waals surface area contributed by atoms with E-state index in [1.54, 1.807) is 6.07 Å². The normalized spacial score (nSPS) is 22.9. The minimum absolute atomic E-state index is 0.197. The molecule has 0 spiro atoms. The van der Waals surface area contributed by atoms with Gasteiger partial charge in [-0.25, -0.2) is 8.42 Å². The molecule has 0 aromatic heterocycles. The summed E-state index contributed by atoms with van der Waals surface area (Å²) >= 11 is 12.3. The van der Waals surface area contributed by atoms with E-state index in [1.165, 1.54) is 0 Å². The van der Waals surface area contributed by atoms with E-state index in [9.17, 15) is 8.42 Å². The average molecular weight is 336 g/mol. The van der Waals surface area contributed by atoms with Crippen molar-refractivity contribution in [2.24, 2.45) is 11.8 Å². The van der Waals surface area contributed by atoms with Gasteiger partial charge in [0.25, 0.3) is 0 Å². The van der Waals surface area contributed by atoms with Gasteiger partial charge in [-0.2, -0.15) is 0 Å². The molecule has 1 N–H and O–H groups in total. The zero-order valence-electron chi connectivity index (χ0n) is 11.4. The molecule has 2 atom stereocenters. The zero-order valence-corrected chi connectivity index (χ0v) is 13.7. The smallest absolute Gasteiger partial charge is 0.150 e. The quantitative estimate of drug-likeness (QED) is 0.899. The summed E-state index contributed by atoms with van der Waals surface area (Å²) in [6.45, 7) is 0.781. The van der Waals surface area contributed by atoms with Crippen molar-refractivity contribution in [3.05, 3.63) is 33.8 Å². The molecule has 1 fully saturated rings. The van der Waals surface area contributed by atoms with Crippen molar-refractivity contribution >= 4 is 33.0 Å². The fraction of sp³-hybridized carbons (Fsp3) is 0.571. The summed E-state index contributed by atoms with van der Waals surface area (Å²) in [4.78, 5) is 0. The molecular formula is C14H19Cl2NO2S. The third-order valence-electron chi connectivity index (χ3n) is 3.91. The first kappa shape index (κ1) is 16.1. The molecular weight excluding hydrogens is 317 g/mol. The molecule has 1 aliphatic rings. The summed E-state index contributed by atoms with van der Waals surface area (Å²) < 4.78 is 23.3. The van der Waals surface area contributed by atoms with Crippen molar-refractivity contribution in [3.63, 3.8) is 0 Å². The SMILES string of the molecule is CNCC(Cc1cccc(Cl)c1Cl)C1CCS(=O)(=O)C1. The van der Waals surface area contributed by atoms with Crippen molar-refractivity contribution < 1.29 is 8.42 Å². The minimum Gasteiger partial charge on any atom is -0.319 e. The molecule has 6 heteroatoms. The number of sulfone groups is 1. The van der Waals surface area contributed by atoms with E-state index in [4.69, 9.17) is 23.2 Å². The molecule has 0 saturated carbocycles. The number of nitrogens with one attached hydrogen (secondary N) is 1. The van der Waals surface area contributed by atoms with Gasteiger partial charge in [-0.1, -0.05) is 35.3 Å². The largest absolute Gasteiger partial charge is 0.319 e. The van der Waals surface area contributed by atoms with E-state index in [-0.39, 0.29) is 17.6 Å². The van der Waals surface area contributed by atoms with E-state index < -0.39 is 9.84 Å². The summed E-state index contributed by atoms with van der Waals surface area (Å²) in [5.41, 5.74) is 0.990. The molecule has 0 aliphatic carbocycles. The van der Waals surface area contributed by atoms with Gasteiger partial charge in [0.05, 0.1) is 21.6 Å². The van der Waals surface area contributed by atoms with Crippen molar-refractivity contribution in [2.45, 2.75) is 12.8 Å². The Balaban J connectivity index is 2.16. The van der Waals surface area contributed by atoms with Gasteiger partial charge in [0.15, 0.2) is 9.84 Å². The molecule has 1 aliphatic heterocycles. The monoisotopic (exact) mass is 335 g/mol. The average Bonchev–Trinajstić information content (AvgIpc) is 2.74. The Morgan fingerprint density at radius 2 is 2.15 bits per heavy atom. The number of hydrogen-bond acceptors (Lipinski definition) is 3. The summed E-state index contributed by atoms with van der Waals surface area (Å²) in [5, 5.41) is 4.28. The lowest BCUT2D eigenvalue weighted by Gasteiger charge is -2.23. The highest BCUT2D eigenvalue weighted by Gasteiger charge is 2.33. The molecule has 3 nitrogen and oxygen atoms in total. The van der Waals surface area contributed by atoms with Crippen LogP contribution in [-0.4, -0.2) is 33.5 Å². The number of benzene rings is 1. The highest BCUT2D eigenvalue weighted by atomic mass is 35.5. The summed E-state index contributed by atoms with van der Waals surface area (Å²) in [5.74, 6) is 1.05. The molecule has 1 aromatic rings. The van der Waals surface area contributed by atoms with Gasteiger partial charge in [-0.05, 0) is 49.9 Å². The van der Waals surface area contributed by atoms with Gasteiger partial charge < -0.3 is 5.32 Å². The fourth-order valence-corrected chi connectivity index (χ4v) is 5.17. The predicted octanol–water partition coefficient (Wildman–Crippen LogP) is 2.81. The lowest BCUT2D eigenvalue weighted by molar-refractivity contribution is 0.352. The summed E-state index contributed by atoms with van der Waals surface area (Å²) in [6, 6.07) is 5.60. The Labute approximate surface area is 130 Å². The Morgan fingerprint density at radius 3 is 2.75 bits per heavy atom. The summed E-state index contributed by atoms with van der Waals surface area (Å²) in [7, 11) is -0.971. The minimum atomic E-state index is -2.86. The second-order valence-electron chi connectivity index (χ2n) is 5.40.